The van der Waals surface area contributed by atoms with Crippen molar-refractivity contribution in [2.24, 2.45) is 5.92 Å². The third-order valence-corrected chi connectivity index (χ3v) is 3.83. The minimum Gasteiger partial charge on any atom is -0.336 e. The summed E-state index contributed by atoms with van der Waals surface area (Å²) in [6.07, 6.45) is 3.58. The van der Waals surface area contributed by atoms with Crippen LogP contribution in [0.2, 0.25) is 0 Å². The maximum absolute atomic E-state index is 12.3. The number of hydrogen-bond donors (Lipinski definition) is 1. The average Bonchev–Trinajstić information content (AvgIpc) is 2.89. The first-order chi connectivity index (χ1) is 11.1. The summed E-state index contributed by atoms with van der Waals surface area (Å²) < 4.78 is 0. The van der Waals surface area contributed by atoms with E-state index < -0.39 is 0 Å². The normalized spacial score (nSPS) is 17.3. The van der Waals surface area contributed by atoms with Crippen LogP contribution in [0.4, 0.5) is 5.82 Å². The molecule has 0 unspecified atom stereocenters. The molecule has 1 atom stereocenters. The zero-order chi connectivity index (χ0) is 16.2. The second-order valence-corrected chi connectivity index (χ2v) is 5.70. The number of amides is 2. The molecule has 1 fully saturated rings. The Morgan fingerprint density at radius 2 is 2.17 bits per heavy atom. The van der Waals surface area contributed by atoms with Crippen LogP contribution in [0.15, 0.2) is 42.7 Å². The van der Waals surface area contributed by atoms with Crippen molar-refractivity contribution in [3.05, 3.63) is 54.0 Å². The molecule has 3 rings (SSSR count). The van der Waals surface area contributed by atoms with E-state index in [-0.39, 0.29) is 24.2 Å². The molecule has 1 saturated heterocycles. The molecule has 3 heterocycles. The van der Waals surface area contributed by atoms with E-state index in [0.29, 0.717) is 18.9 Å². The molecule has 2 amide bonds. The molecule has 0 spiro atoms. The Bertz CT molecular complexity index is 718. The smallest absolute Gasteiger partial charge is 0.230 e. The third kappa shape index (κ3) is 3.71. The molecule has 0 aliphatic carbocycles. The zero-order valence-corrected chi connectivity index (χ0v) is 12.9. The van der Waals surface area contributed by atoms with Crippen LogP contribution < -0.4 is 5.32 Å². The summed E-state index contributed by atoms with van der Waals surface area (Å²) in [5.41, 5.74) is 1.84. The van der Waals surface area contributed by atoms with Gasteiger partial charge in [0, 0.05) is 25.4 Å². The molecule has 0 radical (unpaired) electrons. The lowest BCUT2D eigenvalue weighted by Gasteiger charge is -2.16. The van der Waals surface area contributed by atoms with E-state index in [2.05, 4.69) is 15.3 Å². The number of rotatable bonds is 4. The maximum atomic E-state index is 12.3. The van der Waals surface area contributed by atoms with Crippen LogP contribution >= 0.6 is 0 Å². The number of aryl methyl sites for hydroxylation is 1. The van der Waals surface area contributed by atoms with Gasteiger partial charge in [0.25, 0.3) is 0 Å². The number of hydrogen-bond acceptors (Lipinski definition) is 4. The van der Waals surface area contributed by atoms with Crippen LogP contribution in [0.1, 0.15) is 17.7 Å². The number of carbonyl (C=O) groups excluding carboxylic acids is 2. The van der Waals surface area contributed by atoms with Crippen molar-refractivity contribution in [3.8, 4) is 0 Å². The fraction of sp³-hybridized carbons (Fsp3) is 0.294. The van der Waals surface area contributed by atoms with Crippen LogP contribution in [0.25, 0.3) is 0 Å². The Kier molecular flexibility index (Phi) is 4.32. The highest BCUT2D eigenvalue weighted by molar-refractivity contribution is 5.96. The summed E-state index contributed by atoms with van der Waals surface area (Å²) in [6.45, 7) is 2.78. The van der Waals surface area contributed by atoms with Gasteiger partial charge in [0.1, 0.15) is 5.82 Å². The Balaban J connectivity index is 1.61. The van der Waals surface area contributed by atoms with Crippen LogP contribution in [0.3, 0.4) is 0 Å². The molecular weight excluding hydrogens is 292 g/mol. The molecule has 0 saturated carbocycles. The van der Waals surface area contributed by atoms with Gasteiger partial charge in [-0.2, -0.15) is 0 Å². The van der Waals surface area contributed by atoms with Crippen LogP contribution in [0, 0.1) is 12.8 Å². The first-order valence-corrected chi connectivity index (χ1v) is 7.53. The first kappa shape index (κ1) is 15.1. The standard InChI is InChI=1S/C17H18N4O2/c1-12-5-7-19-15(8-12)20-17(23)13-9-16(22)21(10-13)11-14-4-2-3-6-18-14/h2-8,13H,9-11H2,1H3,(H,19,20,23)/t13-/m1/s1. The van der Waals surface area contributed by atoms with Crippen LogP contribution in [0.5, 0.6) is 0 Å². The Morgan fingerprint density at radius 1 is 1.30 bits per heavy atom. The summed E-state index contributed by atoms with van der Waals surface area (Å²) in [7, 11) is 0. The minimum absolute atomic E-state index is 0.0204. The van der Waals surface area contributed by atoms with Crippen molar-refractivity contribution >= 4 is 17.6 Å². The summed E-state index contributed by atoms with van der Waals surface area (Å²) in [5, 5.41) is 2.79. The van der Waals surface area contributed by atoms with Crippen molar-refractivity contribution in [2.45, 2.75) is 19.9 Å². The lowest BCUT2D eigenvalue weighted by Crippen LogP contribution is -2.28. The van der Waals surface area contributed by atoms with E-state index in [9.17, 15) is 9.59 Å². The SMILES string of the molecule is Cc1ccnc(NC(=O)[C@@H]2CC(=O)N(Cc3ccccn3)C2)c1. The van der Waals surface area contributed by atoms with Crippen molar-refractivity contribution in [1.29, 1.82) is 0 Å². The maximum Gasteiger partial charge on any atom is 0.230 e. The van der Waals surface area contributed by atoms with Gasteiger partial charge < -0.3 is 10.2 Å². The number of aromatic nitrogens is 2. The molecule has 6 nitrogen and oxygen atoms in total. The number of likely N-dealkylation sites (tertiary alicyclic amines) is 1. The molecule has 1 N–H and O–H groups in total. The van der Waals surface area contributed by atoms with Gasteiger partial charge in [-0.15, -0.1) is 0 Å². The van der Waals surface area contributed by atoms with Crippen molar-refractivity contribution in [3.63, 3.8) is 0 Å². The van der Waals surface area contributed by atoms with E-state index in [0.717, 1.165) is 11.3 Å². The number of anilines is 1. The predicted octanol–water partition coefficient (Wildman–Crippen LogP) is 1.77. The Hall–Kier alpha value is -2.76. The Morgan fingerprint density at radius 3 is 2.91 bits per heavy atom. The number of carbonyl (C=O) groups is 2. The lowest BCUT2D eigenvalue weighted by molar-refractivity contribution is -0.128. The molecule has 1 aliphatic heterocycles. The van der Waals surface area contributed by atoms with E-state index in [1.165, 1.54) is 0 Å². The van der Waals surface area contributed by atoms with Crippen LogP contribution in [-0.2, 0) is 16.1 Å². The fourth-order valence-electron chi connectivity index (χ4n) is 2.62. The zero-order valence-electron chi connectivity index (χ0n) is 12.9. The first-order valence-electron chi connectivity index (χ1n) is 7.53. The van der Waals surface area contributed by atoms with Crippen molar-refractivity contribution in [1.82, 2.24) is 14.9 Å². The van der Waals surface area contributed by atoms with Crippen LogP contribution in [-0.4, -0.2) is 33.2 Å². The highest BCUT2D eigenvalue weighted by Gasteiger charge is 2.34. The summed E-state index contributed by atoms with van der Waals surface area (Å²) in [6, 6.07) is 9.26. The van der Waals surface area contributed by atoms with Gasteiger partial charge in [-0.05, 0) is 36.8 Å². The number of pyridine rings is 2. The molecule has 1 aliphatic rings. The largest absolute Gasteiger partial charge is 0.336 e. The number of nitrogens with one attached hydrogen (secondary N) is 1. The van der Waals surface area contributed by atoms with E-state index in [4.69, 9.17) is 0 Å². The second-order valence-electron chi connectivity index (χ2n) is 5.70. The molecule has 23 heavy (non-hydrogen) atoms. The van der Waals surface area contributed by atoms with E-state index >= 15 is 0 Å². The van der Waals surface area contributed by atoms with E-state index in [1.807, 2.05) is 31.2 Å². The molecule has 0 bridgehead atoms. The molecule has 118 valence electrons. The minimum atomic E-state index is -0.353. The monoisotopic (exact) mass is 310 g/mol. The third-order valence-electron chi connectivity index (χ3n) is 3.83. The quantitative estimate of drug-likeness (QED) is 0.934. The summed E-state index contributed by atoms with van der Waals surface area (Å²) in [5.74, 6) is -0.0212. The van der Waals surface area contributed by atoms with Gasteiger partial charge in [0.2, 0.25) is 11.8 Å². The second kappa shape index (κ2) is 6.56. The summed E-state index contributed by atoms with van der Waals surface area (Å²) >= 11 is 0. The van der Waals surface area contributed by atoms with Gasteiger partial charge in [-0.3, -0.25) is 14.6 Å². The average molecular weight is 310 g/mol. The summed E-state index contributed by atoms with van der Waals surface area (Å²) in [4.78, 5) is 34.4. The van der Waals surface area contributed by atoms with E-state index in [1.54, 1.807) is 23.4 Å². The van der Waals surface area contributed by atoms with Gasteiger partial charge in [-0.25, -0.2) is 4.98 Å². The molecule has 0 aromatic carbocycles. The Labute approximate surface area is 134 Å². The molecule has 2 aromatic rings. The predicted molar refractivity (Wildman–Crippen MR) is 85.4 cm³/mol. The molecule has 6 heteroatoms. The van der Waals surface area contributed by atoms with Crippen molar-refractivity contribution in [2.75, 3.05) is 11.9 Å². The topological polar surface area (TPSA) is 75.2 Å². The fourth-order valence-corrected chi connectivity index (χ4v) is 2.62. The number of nitrogens with zero attached hydrogens (tertiary/aromatic N) is 3. The molecular formula is C17H18N4O2. The lowest BCUT2D eigenvalue weighted by atomic mass is 10.1. The highest BCUT2D eigenvalue weighted by atomic mass is 16.2. The highest BCUT2D eigenvalue weighted by Crippen LogP contribution is 2.21. The molecule has 2 aromatic heterocycles. The van der Waals surface area contributed by atoms with Gasteiger partial charge >= 0.3 is 0 Å². The van der Waals surface area contributed by atoms with Gasteiger partial charge in [-0.1, -0.05) is 6.07 Å². The van der Waals surface area contributed by atoms with Crippen molar-refractivity contribution < 1.29 is 9.59 Å². The van der Waals surface area contributed by atoms with Gasteiger partial charge in [0.15, 0.2) is 0 Å². The van der Waals surface area contributed by atoms with Gasteiger partial charge in [0.05, 0.1) is 18.2 Å².